The number of aromatic nitrogens is 2. The molecule has 1 fully saturated rings. The van der Waals surface area contributed by atoms with Gasteiger partial charge in [-0.3, -0.25) is 23.9 Å². The first-order valence-corrected chi connectivity index (χ1v) is 24.8. The smallest absolute Gasteiger partial charge is 0.330 e. The Hall–Kier alpha value is -6.64. The highest BCUT2D eigenvalue weighted by Gasteiger charge is 2.52. The Kier molecular flexibility index (Phi) is 17.2. The number of rotatable bonds is 20. The molecule has 0 radical (unpaired) electrons. The zero-order chi connectivity index (χ0) is 51.7. The third-order valence-corrected chi connectivity index (χ3v) is 14.2. The summed E-state index contributed by atoms with van der Waals surface area (Å²) in [5.41, 5.74) is -0.441. The standard InChI is InChI=1S/C54H62N5O12P/c1-34(2)59(35(3)4)72(68-29-13-27-55)71-48-45(33-67-54(38-14-11-10-12-15-38,39-17-22-41(64-8)23-18-39)40-19-24-42(65-9)25-20-40)70-50(58-28-26-46(60)56-52(58)63)47(48)57-49(61)37-30-36-16-21-43(31-44(36)66-32-37)69-51(62)53(5,6)7/h10-12,14-26,28,30-31,34-35,45,47-48,50H,13,29,32-33H2,1-9H3,(H,57,61)(H,56,60,63)/t45-,47-,48-,50-,72?/m1/s1. The molecule has 1 unspecified atom stereocenters. The molecule has 1 amide bonds. The van der Waals surface area contributed by atoms with Gasteiger partial charge in [0.15, 0.2) is 6.23 Å². The highest BCUT2D eigenvalue weighted by atomic mass is 31.2. The van der Waals surface area contributed by atoms with Crippen LogP contribution in [0.2, 0.25) is 0 Å². The van der Waals surface area contributed by atoms with Crippen molar-refractivity contribution in [1.29, 1.82) is 5.26 Å². The maximum Gasteiger partial charge on any atom is 0.330 e. The second-order valence-electron chi connectivity index (χ2n) is 18.8. The van der Waals surface area contributed by atoms with E-state index in [1.54, 1.807) is 59.3 Å². The van der Waals surface area contributed by atoms with Gasteiger partial charge in [-0.15, -0.1) is 0 Å². The van der Waals surface area contributed by atoms with Crippen LogP contribution in [0.25, 0.3) is 6.08 Å². The molecule has 3 heterocycles. The molecular formula is C54H62N5O12P. The van der Waals surface area contributed by atoms with Crippen molar-refractivity contribution >= 4 is 26.5 Å². The Balaban J connectivity index is 1.35. The molecule has 1 saturated heterocycles. The number of ether oxygens (including phenoxy) is 6. The van der Waals surface area contributed by atoms with E-state index < -0.39 is 67.1 Å². The van der Waals surface area contributed by atoms with Crippen LogP contribution < -0.4 is 35.5 Å². The van der Waals surface area contributed by atoms with E-state index in [9.17, 15) is 24.4 Å². The topological polar surface area (TPSA) is 202 Å². The molecular weight excluding hydrogens is 942 g/mol. The van der Waals surface area contributed by atoms with Crippen molar-refractivity contribution in [3.63, 3.8) is 0 Å². The van der Waals surface area contributed by atoms with Gasteiger partial charge in [-0.25, -0.2) is 9.46 Å². The van der Waals surface area contributed by atoms with Crippen molar-refractivity contribution in [2.24, 2.45) is 5.41 Å². The van der Waals surface area contributed by atoms with Crippen LogP contribution in [0.3, 0.4) is 0 Å². The van der Waals surface area contributed by atoms with Crippen LogP contribution in [0, 0.1) is 16.7 Å². The largest absolute Gasteiger partial charge is 0.497 e. The number of nitrogens with zero attached hydrogens (tertiary/aromatic N) is 3. The van der Waals surface area contributed by atoms with Gasteiger partial charge in [0, 0.05) is 36.0 Å². The Bertz CT molecular complexity index is 2800. The molecule has 7 rings (SSSR count). The van der Waals surface area contributed by atoms with Gasteiger partial charge >= 0.3 is 11.7 Å². The number of nitriles is 1. The summed E-state index contributed by atoms with van der Waals surface area (Å²) in [5, 5.41) is 12.7. The van der Waals surface area contributed by atoms with Gasteiger partial charge < -0.3 is 42.8 Å². The van der Waals surface area contributed by atoms with Gasteiger partial charge in [-0.2, -0.15) is 5.26 Å². The van der Waals surface area contributed by atoms with E-state index in [-0.39, 0.29) is 43.9 Å². The molecule has 380 valence electrons. The zero-order valence-electron chi connectivity index (χ0n) is 42.0. The van der Waals surface area contributed by atoms with E-state index in [1.807, 2.05) is 111 Å². The van der Waals surface area contributed by atoms with E-state index in [4.69, 9.17) is 37.5 Å². The number of H-pyrrole nitrogens is 1. The summed E-state index contributed by atoms with van der Waals surface area (Å²) in [6.45, 7) is 13.0. The molecule has 17 nitrogen and oxygen atoms in total. The summed E-state index contributed by atoms with van der Waals surface area (Å²) in [4.78, 5) is 56.1. The third-order valence-electron chi connectivity index (χ3n) is 12.1. The number of fused-ring (bicyclic) bond motifs is 1. The highest BCUT2D eigenvalue weighted by molar-refractivity contribution is 7.44. The fourth-order valence-electron chi connectivity index (χ4n) is 8.54. The third kappa shape index (κ3) is 12.0. The second kappa shape index (κ2) is 23.3. The first-order chi connectivity index (χ1) is 34.5. The minimum Gasteiger partial charge on any atom is -0.497 e. The Morgan fingerprint density at radius 3 is 2.06 bits per heavy atom. The number of aromatic amines is 1. The molecule has 0 aliphatic carbocycles. The molecule has 72 heavy (non-hydrogen) atoms. The van der Waals surface area contributed by atoms with Crippen LogP contribution in [-0.2, 0) is 33.7 Å². The molecule has 2 aliphatic heterocycles. The van der Waals surface area contributed by atoms with Crippen molar-refractivity contribution in [2.45, 2.75) is 97.0 Å². The number of hydrogen-bond donors (Lipinski definition) is 2. The van der Waals surface area contributed by atoms with Gasteiger partial charge in [-0.1, -0.05) is 54.6 Å². The van der Waals surface area contributed by atoms with Crippen LogP contribution in [0.4, 0.5) is 0 Å². The second-order valence-corrected chi connectivity index (χ2v) is 20.2. The summed E-state index contributed by atoms with van der Waals surface area (Å²) in [5.74, 6) is 0.984. The predicted molar refractivity (Wildman–Crippen MR) is 271 cm³/mol. The number of amides is 1. The number of hydrogen-bond acceptors (Lipinski definition) is 14. The van der Waals surface area contributed by atoms with E-state index in [0.29, 0.717) is 28.6 Å². The monoisotopic (exact) mass is 1000 g/mol. The van der Waals surface area contributed by atoms with E-state index in [1.165, 1.54) is 16.8 Å². The van der Waals surface area contributed by atoms with Gasteiger partial charge in [-0.05, 0) is 108 Å². The molecule has 0 saturated carbocycles. The first-order valence-electron chi connectivity index (χ1n) is 23.7. The maximum atomic E-state index is 14.8. The minimum atomic E-state index is -2.01. The number of methoxy groups -OCH3 is 2. The fourth-order valence-corrected chi connectivity index (χ4v) is 10.3. The maximum absolute atomic E-state index is 14.8. The lowest BCUT2D eigenvalue weighted by Crippen LogP contribution is -2.51. The van der Waals surface area contributed by atoms with Crippen molar-refractivity contribution in [2.75, 3.05) is 34.0 Å². The van der Waals surface area contributed by atoms with Crippen molar-refractivity contribution < 1.29 is 47.1 Å². The highest BCUT2D eigenvalue weighted by Crippen LogP contribution is 2.51. The summed E-state index contributed by atoms with van der Waals surface area (Å²) in [6.07, 6.45) is -0.413. The van der Waals surface area contributed by atoms with E-state index >= 15 is 0 Å². The first kappa shape index (κ1) is 53.2. The fraction of sp³-hybridized carbons (Fsp3) is 0.389. The normalized spacial score (nSPS) is 18.2. The van der Waals surface area contributed by atoms with Gasteiger partial charge in [0.05, 0.1) is 50.9 Å². The molecule has 4 aromatic carbocycles. The lowest BCUT2D eigenvalue weighted by molar-refractivity contribution is -0.143. The lowest BCUT2D eigenvalue weighted by atomic mass is 9.80. The Labute approximate surface area is 420 Å². The van der Waals surface area contributed by atoms with E-state index in [2.05, 4.69) is 16.4 Å². The molecule has 0 spiro atoms. The molecule has 18 heteroatoms. The van der Waals surface area contributed by atoms with Crippen LogP contribution >= 0.6 is 8.53 Å². The van der Waals surface area contributed by atoms with Crippen molar-refractivity contribution in [3.05, 3.63) is 158 Å². The number of benzene rings is 4. The zero-order valence-corrected chi connectivity index (χ0v) is 42.8. The van der Waals surface area contributed by atoms with Crippen LogP contribution in [0.15, 0.2) is 124 Å². The number of carbonyl (C=O) groups excluding carboxylic acids is 2. The van der Waals surface area contributed by atoms with Crippen molar-refractivity contribution in [3.8, 4) is 29.1 Å². The number of nitrogens with one attached hydrogen (secondary N) is 2. The molecule has 2 aliphatic rings. The van der Waals surface area contributed by atoms with Crippen LogP contribution in [0.5, 0.6) is 23.0 Å². The molecule has 5 atom stereocenters. The SMILES string of the molecule is COc1ccc(C(OC[C@H]2O[C@@H](n3ccc(=O)[nH]c3=O)[C@H](NC(=O)C3=Cc4ccc(OC(=O)C(C)(C)C)cc4OC3)[C@@H]2OP(OCCC#N)N(C(C)C)C(C)C)(c2ccccc2)c2ccc(OC)cc2)cc1. The summed E-state index contributed by atoms with van der Waals surface area (Å²) >= 11 is 0. The minimum absolute atomic E-state index is 0.0412. The number of carbonyl (C=O) groups is 2. The van der Waals surface area contributed by atoms with Gasteiger partial charge in [0.2, 0.25) is 0 Å². The molecule has 0 bridgehead atoms. The number of esters is 1. The van der Waals surface area contributed by atoms with E-state index in [0.717, 1.165) is 16.7 Å². The summed E-state index contributed by atoms with van der Waals surface area (Å²) < 4.78 is 54.0. The van der Waals surface area contributed by atoms with Gasteiger partial charge in [0.25, 0.3) is 20.0 Å². The molecule has 1 aromatic heterocycles. The average molecular weight is 1000 g/mol. The van der Waals surface area contributed by atoms with Gasteiger partial charge in [0.1, 0.15) is 53.5 Å². The van der Waals surface area contributed by atoms with Crippen LogP contribution in [0.1, 0.15) is 83.4 Å². The molecule has 2 N–H and O–H groups in total. The Morgan fingerprint density at radius 1 is 0.875 bits per heavy atom. The van der Waals surface area contributed by atoms with Crippen LogP contribution in [-0.4, -0.2) is 90.5 Å². The summed E-state index contributed by atoms with van der Waals surface area (Å²) in [7, 11) is 1.18. The predicted octanol–water partition coefficient (Wildman–Crippen LogP) is 8.03. The average Bonchev–Trinajstić information content (AvgIpc) is 3.69. The summed E-state index contributed by atoms with van der Waals surface area (Å²) in [6, 6.07) is 31.6. The lowest BCUT2D eigenvalue weighted by Gasteiger charge is -2.39. The Morgan fingerprint density at radius 2 is 1.49 bits per heavy atom. The van der Waals surface area contributed by atoms with Crippen molar-refractivity contribution in [1.82, 2.24) is 19.5 Å². The quantitative estimate of drug-likeness (QED) is 0.0249. The molecule has 5 aromatic rings.